The van der Waals surface area contributed by atoms with Crippen LogP contribution in [0.3, 0.4) is 0 Å². The summed E-state index contributed by atoms with van der Waals surface area (Å²) in [6.07, 6.45) is 4.08. The second-order valence-electron chi connectivity index (χ2n) is 4.88. The second-order valence-corrected chi connectivity index (χ2v) is 5.75. The van der Waals surface area contributed by atoms with Crippen molar-refractivity contribution in [3.05, 3.63) is 47.7 Å². The molecule has 0 aliphatic carbocycles. The van der Waals surface area contributed by atoms with E-state index in [0.717, 1.165) is 22.2 Å². The van der Waals surface area contributed by atoms with Crippen LogP contribution in [0.1, 0.15) is 5.69 Å². The molecule has 120 valence electrons. The largest absolute Gasteiger partial charge is 0.497 e. The molecule has 0 atom stereocenters. The number of hydrogen-bond acceptors (Lipinski definition) is 5. The number of thiazole rings is 1. The zero-order chi connectivity index (χ0) is 16.1. The van der Waals surface area contributed by atoms with Crippen molar-refractivity contribution in [2.75, 3.05) is 20.3 Å². The quantitative estimate of drug-likeness (QED) is 0.674. The number of ether oxygens (including phenoxy) is 2. The molecule has 7 heteroatoms. The minimum absolute atomic E-state index is 0.0610. The molecular weight excluding hydrogens is 314 g/mol. The number of carbonyl (C=O) groups is 1. The summed E-state index contributed by atoms with van der Waals surface area (Å²) < 4.78 is 12.5. The molecule has 0 saturated carbocycles. The molecule has 1 amide bonds. The fraction of sp³-hybridized carbons (Fsp3) is 0.250. The van der Waals surface area contributed by atoms with Gasteiger partial charge >= 0.3 is 0 Å². The lowest BCUT2D eigenvalue weighted by molar-refractivity contribution is -0.120. The van der Waals surface area contributed by atoms with E-state index < -0.39 is 0 Å². The van der Waals surface area contributed by atoms with Crippen LogP contribution in [-0.2, 0) is 11.2 Å². The third-order valence-corrected chi connectivity index (χ3v) is 4.01. The number of imidazole rings is 1. The molecule has 0 aliphatic rings. The highest BCUT2D eigenvalue weighted by Gasteiger charge is 2.07. The van der Waals surface area contributed by atoms with E-state index in [0.29, 0.717) is 13.2 Å². The van der Waals surface area contributed by atoms with Gasteiger partial charge in [0, 0.05) is 17.8 Å². The van der Waals surface area contributed by atoms with Gasteiger partial charge in [-0.15, -0.1) is 11.3 Å². The van der Waals surface area contributed by atoms with E-state index in [9.17, 15) is 4.79 Å². The lowest BCUT2D eigenvalue weighted by Gasteiger charge is -2.08. The topological polar surface area (TPSA) is 64.9 Å². The zero-order valence-electron chi connectivity index (χ0n) is 12.7. The standard InChI is InChI=1S/C16H17N3O3S/c1-21-13-2-4-14(5-3-13)22-8-6-17-15(20)10-12-11-19-7-9-23-16(19)18-12/h2-5,7,9,11H,6,8,10H2,1H3,(H,17,20). The van der Waals surface area contributed by atoms with Crippen molar-refractivity contribution in [2.45, 2.75) is 6.42 Å². The van der Waals surface area contributed by atoms with Crippen LogP contribution >= 0.6 is 11.3 Å². The maximum absolute atomic E-state index is 11.9. The number of nitrogens with zero attached hydrogens (tertiary/aromatic N) is 2. The van der Waals surface area contributed by atoms with Crippen LogP contribution < -0.4 is 14.8 Å². The summed E-state index contributed by atoms with van der Waals surface area (Å²) in [6.45, 7) is 0.865. The third kappa shape index (κ3) is 4.01. The van der Waals surface area contributed by atoms with E-state index in [1.165, 1.54) is 0 Å². The van der Waals surface area contributed by atoms with Gasteiger partial charge in [-0.2, -0.15) is 0 Å². The molecule has 3 aromatic rings. The summed E-state index contributed by atoms with van der Waals surface area (Å²) in [5.41, 5.74) is 0.769. The molecule has 23 heavy (non-hydrogen) atoms. The monoisotopic (exact) mass is 331 g/mol. The summed E-state index contributed by atoms with van der Waals surface area (Å²) >= 11 is 1.55. The molecule has 1 aromatic carbocycles. The maximum Gasteiger partial charge on any atom is 0.226 e. The molecule has 0 fully saturated rings. The van der Waals surface area contributed by atoms with E-state index >= 15 is 0 Å². The lowest BCUT2D eigenvalue weighted by atomic mass is 10.3. The Labute approximate surface area is 137 Å². The Hall–Kier alpha value is -2.54. The smallest absolute Gasteiger partial charge is 0.226 e. The van der Waals surface area contributed by atoms with E-state index in [2.05, 4.69) is 10.3 Å². The summed E-state index contributed by atoms with van der Waals surface area (Å²) in [4.78, 5) is 17.2. The molecule has 2 heterocycles. The Morgan fingerprint density at radius 3 is 2.83 bits per heavy atom. The number of aromatic nitrogens is 2. The molecule has 2 aromatic heterocycles. The normalized spacial score (nSPS) is 10.7. The Bertz CT molecular complexity index is 751. The van der Waals surface area contributed by atoms with Crippen molar-refractivity contribution in [3.63, 3.8) is 0 Å². The number of carbonyl (C=O) groups excluding carboxylic acids is 1. The van der Waals surface area contributed by atoms with E-state index in [1.54, 1.807) is 18.4 Å². The number of nitrogens with one attached hydrogen (secondary N) is 1. The summed E-state index contributed by atoms with van der Waals surface area (Å²) in [5.74, 6) is 1.47. The van der Waals surface area contributed by atoms with Crippen LogP contribution in [0.4, 0.5) is 0 Å². The minimum Gasteiger partial charge on any atom is -0.497 e. The molecule has 0 unspecified atom stereocenters. The van der Waals surface area contributed by atoms with Crippen LogP contribution in [0.25, 0.3) is 4.96 Å². The highest BCUT2D eigenvalue weighted by atomic mass is 32.1. The van der Waals surface area contributed by atoms with Crippen molar-refractivity contribution in [3.8, 4) is 11.5 Å². The summed E-state index contributed by atoms with van der Waals surface area (Å²) in [7, 11) is 1.62. The van der Waals surface area contributed by atoms with Gasteiger partial charge in [0.15, 0.2) is 4.96 Å². The Balaban J connectivity index is 1.39. The Kier molecular flexibility index (Phi) is 4.77. The van der Waals surface area contributed by atoms with Crippen LogP contribution in [0.2, 0.25) is 0 Å². The first-order chi connectivity index (χ1) is 11.2. The lowest BCUT2D eigenvalue weighted by Crippen LogP contribution is -2.29. The van der Waals surface area contributed by atoms with Crippen molar-refractivity contribution < 1.29 is 14.3 Å². The number of benzene rings is 1. The molecule has 1 N–H and O–H groups in total. The minimum atomic E-state index is -0.0610. The number of methoxy groups -OCH3 is 1. The fourth-order valence-corrected chi connectivity index (χ4v) is 2.84. The first-order valence-corrected chi connectivity index (χ1v) is 8.07. The Morgan fingerprint density at radius 1 is 1.30 bits per heavy atom. The molecule has 0 saturated heterocycles. The van der Waals surface area contributed by atoms with Gasteiger partial charge in [-0.25, -0.2) is 4.98 Å². The maximum atomic E-state index is 11.9. The third-order valence-electron chi connectivity index (χ3n) is 3.24. The average Bonchev–Trinajstić information content (AvgIpc) is 3.13. The predicted molar refractivity (Wildman–Crippen MR) is 88.3 cm³/mol. The SMILES string of the molecule is COc1ccc(OCCNC(=O)Cc2cn3ccsc3n2)cc1. The van der Waals surface area contributed by atoms with Crippen LogP contribution in [0.15, 0.2) is 42.0 Å². The van der Waals surface area contributed by atoms with Gasteiger partial charge in [-0.05, 0) is 24.3 Å². The molecule has 0 spiro atoms. The van der Waals surface area contributed by atoms with E-state index in [-0.39, 0.29) is 12.3 Å². The van der Waals surface area contributed by atoms with Gasteiger partial charge in [0.05, 0.1) is 25.8 Å². The van der Waals surface area contributed by atoms with Gasteiger partial charge in [0.2, 0.25) is 5.91 Å². The fourth-order valence-electron chi connectivity index (χ4n) is 2.12. The number of rotatable bonds is 7. The van der Waals surface area contributed by atoms with E-state index in [1.807, 2.05) is 46.4 Å². The molecule has 0 radical (unpaired) electrons. The molecule has 0 aliphatic heterocycles. The molecule has 0 bridgehead atoms. The highest BCUT2D eigenvalue weighted by molar-refractivity contribution is 7.15. The van der Waals surface area contributed by atoms with Crippen molar-refractivity contribution >= 4 is 22.2 Å². The number of fused-ring (bicyclic) bond motifs is 1. The van der Waals surface area contributed by atoms with Crippen molar-refractivity contribution in [1.29, 1.82) is 0 Å². The molecule has 3 rings (SSSR count). The van der Waals surface area contributed by atoms with Gasteiger partial charge in [0.25, 0.3) is 0 Å². The van der Waals surface area contributed by atoms with Crippen molar-refractivity contribution in [1.82, 2.24) is 14.7 Å². The number of amides is 1. The first-order valence-electron chi connectivity index (χ1n) is 7.19. The Morgan fingerprint density at radius 2 is 2.09 bits per heavy atom. The van der Waals surface area contributed by atoms with E-state index in [4.69, 9.17) is 9.47 Å². The van der Waals surface area contributed by atoms with Crippen molar-refractivity contribution in [2.24, 2.45) is 0 Å². The van der Waals surface area contributed by atoms with Crippen LogP contribution in [0, 0.1) is 0 Å². The zero-order valence-corrected chi connectivity index (χ0v) is 13.5. The van der Waals surface area contributed by atoms with Gasteiger partial charge in [-0.3, -0.25) is 9.20 Å². The average molecular weight is 331 g/mol. The van der Waals surface area contributed by atoms with Crippen LogP contribution in [-0.4, -0.2) is 35.6 Å². The molecule has 6 nitrogen and oxygen atoms in total. The summed E-state index contributed by atoms with van der Waals surface area (Å²) in [6, 6.07) is 7.33. The van der Waals surface area contributed by atoms with Gasteiger partial charge in [0.1, 0.15) is 18.1 Å². The van der Waals surface area contributed by atoms with Gasteiger partial charge in [-0.1, -0.05) is 0 Å². The van der Waals surface area contributed by atoms with Gasteiger partial charge < -0.3 is 14.8 Å². The number of hydrogen-bond donors (Lipinski definition) is 1. The summed E-state index contributed by atoms with van der Waals surface area (Å²) in [5, 5.41) is 4.79. The van der Waals surface area contributed by atoms with Crippen LogP contribution in [0.5, 0.6) is 11.5 Å². The first kappa shape index (κ1) is 15.4. The highest BCUT2D eigenvalue weighted by Crippen LogP contribution is 2.16. The second kappa shape index (κ2) is 7.15. The predicted octanol–water partition coefficient (Wildman–Crippen LogP) is 2.14. The molecular formula is C16H17N3O3S.